The molecule has 1 aliphatic rings. The third-order valence-corrected chi connectivity index (χ3v) is 5.31. The summed E-state index contributed by atoms with van der Waals surface area (Å²) in [6.07, 6.45) is 4.12. The Bertz CT molecular complexity index is 909. The van der Waals surface area contributed by atoms with E-state index in [4.69, 9.17) is 17.3 Å². The lowest BCUT2D eigenvalue weighted by Crippen LogP contribution is -2.47. The molecule has 0 aliphatic heterocycles. The molecule has 1 amide bonds. The molecule has 7 nitrogen and oxygen atoms in total. The highest BCUT2D eigenvalue weighted by molar-refractivity contribution is 6.30. The third kappa shape index (κ3) is 5.28. The number of halogens is 1. The molecule has 0 radical (unpaired) electrons. The molecule has 8 heteroatoms. The second kappa shape index (κ2) is 8.44. The largest absolute Gasteiger partial charge is 0.365 e. The molecular weight excluding hydrogens is 388 g/mol. The molecule has 0 bridgehead atoms. The molecule has 29 heavy (non-hydrogen) atoms. The predicted molar refractivity (Wildman–Crippen MR) is 114 cm³/mol. The molecule has 1 aromatic heterocycles. The van der Waals surface area contributed by atoms with Crippen LogP contribution in [0.25, 0.3) is 0 Å². The number of primary amides is 1. The lowest BCUT2D eigenvalue weighted by Gasteiger charge is -2.36. The summed E-state index contributed by atoms with van der Waals surface area (Å²) in [5, 5.41) is 21.7. The Morgan fingerprint density at radius 1 is 1.31 bits per heavy atom. The normalized spacial score (nSPS) is 22.1. The second-order valence-electron chi connectivity index (χ2n) is 8.57. The van der Waals surface area contributed by atoms with E-state index in [1.54, 1.807) is 35.1 Å². The fourth-order valence-electron chi connectivity index (χ4n) is 3.86. The molecule has 0 saturated heterocycles. The van der Waals surface area contributed by atoms with Crippen LogP contribution in [0.3, 0.4) is 0 Å². The first-order valence-corrected chi connectivity index (χ1v) is 10.1. The van der Waals surface area contributed by atoms with Crippen LogP contribution in [0.4, 0.5) is 11.5 Å². The summed E-state index contributed by atoms with van der Waals surface area (Å²) in [6.45, 7) is 6.38. The van der Waals surface area contributed by atoms with Gasteiger partial charge in [-0.05, 0) is 64.3 Å². The van der Waals surface area contributed by atoms with Crippen LogP contribution < -0.4 is 16.4 Å². The summed E-state index contributed by atoms with van der Waals surface area (Å²) in [6, 6.07) is 9.71. The van der Waals surface area contributed by atoms with Gasteiger partial charge in [-0.2, -0.15) is 10.4 Å². The van der Waals surface area contributed by atoms with Crippen molar-refractivity contribution in [2.24, 2.45) is 11.7 Å². The van der Waals surface area contributed by atoms with Crippen molar-refractivity contribution in [1.82, 2.24) is 15.1 Å². The molecule has 154 valence electrons. The zero-order valence-electron chi connectivity index (χ0n) is 16.9. The van der Waals surface area contributed by atoms with Gasteiger partial charge in [0.05, 0.1) is 18.0 Å². The fraction of sp³-hybridized carbons (Fsp3) is 0.476. The van der Waals surface area contributed by atoms with Gasteiger partial charge < -0.3 is 16.4 Å². The summed E-state index contributed by atoms with van der Waals surface area (Å²) in [5.41, 5.74) is 6.61. The minimum atomic E-state index is -0.565. The zero-order chi connectivity index (χ0) is 21.2. The molecule has 1 fully saturated rings. The van der Waals surface area contributed by atoms with E-state index in [0.717, 1.165) is 24.9 Å². The smallest absolute Gasteiger partial charge is 0.254 e. The number of nitrogens with one attached hydrogen (secondary N) is 2. The van der Waals surface area contributed by atoms with Crippen LogP contribution in [0.15, 0.2) is 30.5 Å². The minimum Gasteiger partial charge on any atom is -0.365 e. The van der Waals surface area contributed by atoms with Crippen molar-refractivity contribution in [3.05, 3.63) is 41.0 Å². The Hall–Kier alpha value is -2.56. The summed E-state index contributed by atoms with van der Waals surface area (Å²) < 4.78 is 1.72. The van der Waals surface area contributed by atoms with Gasteiger partial charge in [-0.25, -0.2) is 0 Å². The first-order chi connectivity index (χ1) is 13.7. The molecule has 1 aromatic carbocycles. The van der Waals surface area contributed by atoms with Crippen LogP contribution in [-0.4, -0.2) is 27.3 Å². The lowest BCUT2D eigenvalue weighted by atomic mass is 9.81. The van der Waals surface area contributed by atoms with Gasteiger partial charge in [-0.15, -0.1) is 0 Å². The Labute approximate surface area is 176 Å². The standard InChI is InChI=1S/C21H27ClN6O/c1-21(2,3)26-16-8-9-18(13(10-16)11-23)28-12-17(19(24)29)20(27-28)25-15-6-4-14(22)5-7-15/h4-7,12-13,16,18,26H,8-10H2,1-3H3,(H2,24,29)(H,25,27)/t13?,16-,18-/m0/s1. The maximum atomic E-state index is 12.0. The molecule has 2 aromatic rings. The zero-order valence-corrected chi connectivity index (χ0v) is 17.7. The van der Waals surface area contributed by atoms with E-state index in [1.165, 1.54) is 0 Å². The van der Waals surface area contributed by atoms with Crippen molar-refractivity contribution in [3.8, 4) is 6.07 Å². The number of hydrogen-bond donors (Lipinski definition) is 3. The minimum absolute atomic E-state index is 0.00197. The predicted octanol–water partition coefficient (Wildman–Crippen LogP) is 4.00. The van der Waals surface area contributed by atoms with E-state index in [2.05, 4.69) is 42.6 Å². The summed E-state index contributed by atoms with van der Waals surface area (Å²) in [5.74, 6) is -0.386. The van der Waals surface area contributed by atoms with Crippen molar-refractivity contribution in [3.63, 3.8) is 0 Å². The van der Waals surface area contributed by atoms with Crippen molar-refractivity contribution < 1.29 is 4.79 Å². The van der Waals surface area contributed by atoms with E-state index in [0.29, 0.717) is 16.4 Å². The first-order valence-electron chi connectivity index (χ1n) is 9.75. The van der Waals surface area contributed by atoms with Gasteiger partial charge in [0.25, 0.3) is 5.91 Å². The van der Waals surface area contributed by atoms with Gasteiger partial charge in [0, 0.05) is 28.5 Å². The third-order valence-electron chi connectivity index (χ3n) is 5.06. The van der Waals surface area contributed by atoms with E-state index in [9.17, 15) is 10.1 Å². The first kappa shape index (κ1) is 21.2. The molecule has 1 saturated carbocycles. The maximum Gasteiger partial charge on any atom is 0.254 e. The lowest BCUT2D eigenvalue weighted by molar-refractivity contribution is 0.100. The van der Waals surface area contributed by atoms with Crippen molar-refractivity contribution in [2.75, 3.05) is 5.32 Å². The number of aromatic nitrogens is 2. The quantitative estimate of drug-likeness (QED) is 0.685. The van der Waals surface area contributed by atoms with Crippen molar-refractivity contribution >= 4 is 29.0 Å². The highest BCUT2D eigenvalue weighted by atomic mass is 35.5. The van der Waals surface area contributed by atoms with Gasteiger partial charge in [-0.1, -0.05) is 11.6 Å². The van der Waals surface area contributed by atoms with Crippen LogP contribution in [-0.2, 0) is 0 Å². The Kier molecular flexibility index (Phi) is 6.15. The maximum absolute atomic E-state index is 12.0. The van der Waals surface area contributed by atoms with E-state index < -0.39 is 5.91 Å². The summed E-state index contributed by atoms with van der Waals surface area (Å²) in [7, 11) is 0. The SMILES string of the molecule is CC(C)(C)N[C@H]1CC[C@H](n2cc(C(N)=O)c(Nc3ccc(Cl)cc3)n2)C(C#N)C1. The van der Waals surface area contributed by atoms with Gasteiger partial charge in [-0.3, -0.25) is 9.48 Å². The Balaban J connectivity index is 1.82. The van der Waals surface area contributed by atoms with E-state index in [-0.39, 0.29) is 23.5 Å². The van der Waals surface area contributed by atoms with Gasteiger partial charge in [0.2, 0.25) is 0 Å². The number of amides is 1. The van der Waals surface area contributed by atoms with Gasteiger partial charge in [0.1, 0.15) is 5.56 Å². The van der Waals surface area contributed by atoms with Crippen molar-refractivity contribution in [1.29, 1.82) is 5.26 Å². The number of rotatable bonds is 5. The Morgan fingerprint density at radius 3 is 2.59 bits per heavy atom. The van der Waals surface area contributed by atoms with Gasteiger partial charge in [0.15, 0.2) is 5.82 Å². The number of carbonyl (C=O) groups is 1. The van der Waals surface area contributed by atoms with E-state index >= 15 is 0 Å². The second-order valence-corrected chi connectivity index (χ2v) is 9.01. The number of hydrogen-bond acceptors (Lipinski definition) is 5. The van der Waals surface area contributed by atoms with Crippen LogP contribution in [0.1, 0.15) is 56.4 Å². The fourth-order valence-corrected chi connectivity index (χ4v) is 3.98. The number of nitriles is 1. The van der Waals surface area contributed by atoms with Crippen molar-refractivity contribution in [2.45, 2.75) is 57.7 Å². The van der Waals surface area contributed by atoms with Crippen LogP contribution in [0.2, 0.25) is 5.02 Å². The summed E-state index contributed by atoms with van der Waals surface area (Å²) in [4.78, 5) is 12.0. The van der Waals surface area contributed by atoms with E-state index in [1.807, 2.05) is 0 Å². The molecule has 1 heterocycles. The number of benzene rings is 1. The average molecular weight is 415 g/mol. The highest BCUT2D eigenvalue weighted by Gasteiger charge is 2.34. The molecule has 1 unspecified atom stereocenters. The van der Waals surface area contributed by atoms with Crippen LogP contribution in [0, 0.1) is 17.2 Å². The molecule has 3 atom stereocenters. The van der Waals surface area contributed by atoms with Gasteiger partial charge >= 0.3 is 0 Å². The number of anilines is 2. The Morgan fingerprint density at radius 2 is 2.00 bits per heavy atom. The highest BCUT2D eigenvalue weighted by Crippen LogP contribution is 2.35. The number of nitrogens with two attached hydrogens (primary N) is 1. The average Bonchev–Trinajstić information content (AvgIpc) is 3.06. The molecule has 1 aliphatic carbocycles. The number of carbonyl (C=O) groups excluding carboxylic acids is 1. The molecule has 3 rings (SSSR count). The molecular formula is C21H27ClN6O. The molecule has 4 N–H and O–H groups in total. The molecule has 0 spiro atoms. The topological polar surface area (TPSA) is 109 Å². The van der Waals surface area contributed by atoms with Crippen LogP contribution >= 0.6 is 11.6 Å². The summed E-state index contributed by atoms with van der Waals surface area (Å²) >= 11 is 5.93. The van der Waals surface area contributed by atoms with Crippen LogP contribution in [0.5, 0.6) is 0 Å². The number of nitrogens with zero attached hydrogens (tertiary/aromatic N) is 3. The monoisotopic (exact) mass is 414 g/mol.